The highest BCUT2D eigenvalue weighted by molar-refractivity contribution is 6.04. The second-order valence-electron chi connectivity index (χ2n) is 6.16. The Morgan fingerprint density at radius 3 is 2.10 bits per heavy atom. The minimum atomic E-state index is -0.445. The zero-order chi connectivity index (χ0) is 20.6. The number of carbonyl (C=O) groups is 3. The third-order valence-electron chi connectivity index (χ3n) is 3.85. The minimum Gasteiger partial charge on any atom is -0.347 e. The standard InChI is InChI=1S/C21H19N5O3/c1-14(27)24-16-7-9-17(10-8-16)25-21(29)19-6-2-5-18(26-19)20(28)23-13-15-4-3-11-22-12-15/h2-12H,13H2,1H3,(H,23,28)(H,24,27)(H,25,29). The van der Waals surface area contributed by atoms with Gasteiger partial charge < -0.3 is 16.0 Å². The van der Waals surface area contributed by atoms with Gasteiger partial charge in [0.25, 0.3) is 11.8 Å². The summed E-state index contributed by atoms with van der Waals surface area (Å²) in [5, 5.41) is 8.10. The molecule has 146 valence electrons. The number of carbonyl (C=O) groups excluding carboxylic acids is 3. The van der Waals surface area contributed by atoms with Crippen LogP contribution < -0.4 is 16.0 Å². The van der Waals surface area contributed by atoms with Gasteiger partial charge in [-0.25, -0.2) is 4.98 Å². The van der Waals surface area contributed by atoms with Crippen molar-refractivity contribution < 1.29 is 14.4 Å². The van der Waals surface area contributed by atoms with Crippen molar-refractivity contribution in [1.29, 1.82) is 0 Å². The second kappa shape index (κ2) is 9.23. The Morgan fingerprint density at radius 1 is 0.828 bits per heavy atom. The largest absolute Gasteiger partial charge is 0.347 e. The van der Waals surface area contributed by atoms with Crippen molar-refractivity contribution in [2.24, 2.45) is 0 Å². The van der Waals surface area contributed by atoms with Crippen molar-refractivity contribution in [3.05, 3.63) is 83.9 Å². The normalized spacial score (nSPS) is 10.1. The first kappa shape index (κ1) is 19.7. The van der Waals surface area contributed by atoms with Crippen LogP contribution in [0.15, 0.2) is 67.0 Å². The van der Waals surface area contributed by atoms with Crippen molar-refractivity contribution in [3.63, 3.8) is 0 Å². The first-order chi connectivity index (χ1) is 14.0. The number of aromatic nitrogens is 2. The average molecular weight is 389 g/mol. The fourth-order valence-corrected chi connectivity index (χ4v) is 2.50. The van der Waals surface area contributed by atoms with E-state index in [2.05, 4.69) is 25.9 Å². The number of nitrogens with zero attached hydrogens (tertiary/aromatic N) is 2. The molecule has 2 heterocycles. The van der Waals surface area contributed by atoms with Crippen LogP contribution in [0, 0.1) is 0 Å². The maximum atomic E-state index is 12.4. The summed E-state index contributed by atoms with van der Waals surface area (Å²) in [5.74, 6) is -1.01. The molecule has 3 N–H and O–H groups in total. The summed E-state index contributed by atoms with van der Waals surface area (Å²) in [6.45, 7) is 1.73. The maximum absolute atomic E-state index is 12.4. The third-order valence-corrected chi connectivity index (χ3v) is 3.85. The van der Waals surface area contributed by atoms with E-state index in [4.69, 9.17) is 0 Å². The second-order valence-corrected chi connectivity index (χ2v) is 6.16. The molecule has 0 fully saturated rings. The summed E-state index contributed by atoms with van der Waals surface area (Å²) in [6.07, 6.45) is 3.32. The molecule has 0 radical (unpaired) electrons. The number of pyridine rings is 2. The van der Waals surface area contributed by atoms with Crippen molar-refractivity contribution in [2.75, 3.05) is 10.6 Å². The zero-order valence-corrected chi connectivity index (χ0v) is 15.7. The van der Waals surface area contributed by atoms with Crippen LogP contribution >= 0.6 is 0 Å². The number of hydrogen-bond acceptors (Lipinski definition) is 5. The van der Waals surface area contributed by atoms with E-state index in [1.54, 1.807) is 48.8 Å². The van der Waals surface area contributed by atoms with Gasteiger partial charge in [0.05, 0.1) is 0 Å². The fourth-order valence-electron chi connectivity index (χ4n) is 2.50. The third kappa shape index (κ3) is 5.70. The number of hydrogen-bond donors (Lipinski definition) is 3. The molecule has 0 aliphatic rings. The van der Waals surface area contributed by atoms with E-state index >= 15 is 0 Å². The molecule has 0 atom stereocenters. The molecule has 8 nitrogen and oxygen atoms in total. The molecule has 0 unspecified atom stereocenters. The Bertz CT molecular complexity index is 1020. The summed E-state index contributed by atoms with van der Waals surface area (Å²) in [7, 11) is 0. The molecule has 2 aromatic heterocycles. The Morgan fingerprint density at radius 2 is 1.48 bits per heavy atom. The maximum Gasteiger partial charge on any atom is 0.274 e. The molecule has 0 saturated carbocycles. The Labute approximate surface area is 167 Å². The molecular formula is C21H19N5O3. The van der Waals surface area contributed by atoms with Gasteiger partial charge in [0.2, 0.25) is 5.91 Å². The number of nitrogens with one attached hydrogen (secondary N) is 3. The summed E-state index contributed by atoms with van der Waals surface area (Å²) >= 11 is 0. The molecule has 3 aromatic rings. The van der Waals surface area contributed by atoms with Gasteiger partial charge in [-0.2, -0.15) is 0 Å². The number of amides is 3. The van der Waals surface area contributed by atoms with E-state index in [0.29, 0.717) is 17.9 Å². The monoisotopic (exact) mass is 389 g/mol. The van der Waals surface area contributed by atoms with Crippen LogP contribution in [0.3, 0.4) is 0 Å². The Balaban J connectivity index is 1.62. The van der Waals surface area contributed by atoms with E-state index in [1.807, 2.05) is 6.07 Å². The summed E-state index contributed by atoms with van der Waals surface area (Å²) < 4.78 is 0. The molecule has 0 aliphatic heterocycles. The molecule has 8 heteroatoms. The zero-order valence-electron chi connectivity index (χ0n) is 15.7. The predicted molar refractivity (Wildman–Crippen MR) is 108 cm³/mol. The Kier molecular flexibility index (Phi) is 6.26. The van der Waals surface area contributed by atoms with E-state index in [0.717, 1.165) is 5.56 Å². The topological polar surface area (TPSA) is 113 Å². The van der Waals surface area contributed by atoms with Crippen LogP contribution in [-0.4, -0.2) is 27.7 Å². The quantitative estimate of drug-likeness (QED) is 0.600. The van der Waals surface area contributed by atoms with Gasteiger partial charge in [-0.3, -0.25) is 19.4 Å². The van der Waals surface area contributed by atoms with E-state index < -0.39 is 5.91 Å². The first-order valence-electron chi connectivity index (χ1n) is 8.84. The van der Waals surface area contributed by atoms with Gasteiger partial charge >= 0.3 is 0 Å². The Hall–Kier alpha value is -4.07. The predicted octanol–water partition coefficient (Wildman–Crippen LogP) is 2.62. The van der Waals surface area contributed by atoms with Crippen LogP contribution in [0.25, 0.3) is 0 Å². The summed E-state index contributed by atoms with van der Waals surface area (Å²) in [5.41, 5.74) is 2.28. The highest BCUT2D eigenvalue weighted by Gasteiger charge is 2.12. The molecule has 3 rings (SSSR count). The molecule has 29 heavy (non-hydrogen) atoms. The molecule has 1 aromatic carbocycles. The molecule has 0 saturated heterocycles. The molecule has 0 spiro atoms. The van der Waals surface area contributed by atoms with Gasteiger partial charge in [0, 0.05) is 37.2 Å². The van der Waals surface area contributed by atoms with Crippen molar-refractivity contribution >= 4 is 29.1 Å². The lowest BCUT2D eigenvalue weighted by Crippen LogP contribution is -2.25. The average Bonchev–Trinajstić information content (AvgIpc) is 2.74. The van der Waals surface area contributed by atoms with Crippen LogP contribution in [0.1, 0.15) is 33.5 Å². The number of anilines is 2. The van der Waals surface area contributed by atoms with Gasteiger partial charge in [0.1, 0.15) is 11.4 Å². The van der Waals surface area contributed by atoms with Gasteiger partial charge in [-0.1, -0.05) is 12.1 Å². The van der Waals surface area contributed by atoms with Gasteiger partial charge in [-0.05, 0) is 48.0 Å². The van der Waals surface area contributed by atoms with Crippen LogP contribution in [-0.2, 0) is 11.3 Å². The highest BCUT2D eigenvalue weighted by Crippen LogP contribution is 2.14. The lowest BCUT2D eigenvalue weighted by atomic mass is 10.2. The summed E-state index contributed by atoms with van der Waals surface area (Å²) in [6, 6.07) is 15.0. The molecular weight excluding hydrogens is 370 g/mol. The highest BCUT2D eigenvalue weighted by atomic mass is 16.2. The fraction of sp³-hybridized carbons (Fsp3) is 0.0952. The minimum absolute atomic E-state index is 0.116. The van der Waals surface area contributed by atoms with Crippen LogP contribution in [0.4, 0.5) is 11.4 Å². The lowest BCUT2D eigenvalue weighted by molar-refractivity contribution is -0.114. The lowest BCUT2D eigenvalue weighted by Gasteiger charge is -2.08. The molecule has 0 bridgehead atoms. The van der Waals surface area contributed by atoms with E-state index in [1.165, 1.54) is 19.1 Å². The van der Waals surface area contributed by atoms with Crippen LogP contribution in [0.2, 0.25) is 0 Å². The smallest absolute Gasteiger partial charge is 0.274 e. The number of benzene rings is 1. The van der Waals surface area contributed by atoms with E-state index in [9.17, 15) is 14.4 Å². The van der Waals surface area contributed by atoms with Gasteiger partial charge in [0.15, 0.2) is 0 Å². The SMILES string of the molecule is CC(=O)Nc1ccc(NC(=O)c2cccc(C(=O)NCc3cccnc3)n2)cc1. The summed E-state index contributed by atoms with van der Waals surface area (Å²) in [4.78, 5) is 43.9. The molecule has 3 amide bonds. The van der Waals surface area contributed by atoms with Crippen LogP contribution in [0.5, 0.6) is 0 Å². The molecule has 0 aliphatic carbocycles. The first-order valence-corrected chi connectivity index (χ1v) is 8.84. The van der Waals surface area contributed by atoms with Crippen molar-refractivity contribution in [1.82, 2.24) is 15.3 Å². The van der Waals surface area contributed by atoms with Crippen molar-refractivity contribution in [2.45, 2.75) is 13.5 Å². The van der Waals surface area contributed by atoms with Gasteiger partial charge in [-0.15, -0.1) is 0 Å². The van der Waals surface area contributed by atoms with E-state index in [-0.39, 0.29) is 23.2 Å². The number of rotatable bonds is 6. The van der Waals surface area contributed by atoms with Crippen molar-refractivity contribution in [3.8, 4) is 0 Å².